The molecule has 94 valence electrons. The van der Waals surface area contributed by atoms with Crippen LogP contribution in [0, 0.1) is 13.8 Å². The van der Waals surface area contributed by atoms with Crippen molar-refractivity contribution >= 4 is 23.2 Å². The Kier molecular flexibility index (Phi) is 3.34. The Bertz CT molecular complexity index is 586. The van der Waals surface area contributed by atoms with Crippen LogP contribution >= 0.6 is 11.6 Å². The number of aryl methyl sites for hydroxylation is 2. The van der Waals surface area contributed by atoms with Crippen molar-refractivity contribution in [2.75, 3.05) is 5.32 Å². The summed E-state index contributed by atoms with van der Waals surface area (Å²) in [6.45, 7) is 3.69. The number of pyridine rings is 1. The van der Waals surface area contributed by atoms with Gasteiger partial charge in [0.05, 0.1) is 17.4 Å². The maximum absolute atomic E-state index is 12.1. The topological polar surface area (TPSA) is 59.8 Å². The standard InChI is InChI=1S/C12H13ClN4O/c1-7-4-5-14-11(13)10(7)16-12(18)9-6-15-17(3)8(9)2/h4-6H,1-3H3,(H,16,18). The lowest BCUT2D eigenvalue weighted by Crippen LogP contribution is -2.14. The van der Waals surface area contributed by atoms with Crippen LogP contribution in [0.4, 0.5) is 5.69 Å². The van der Waals surface area contributed by atoms with Crippen LogP contribution in [-0.4, -0.2) is 20.7 Å². The van der Waals surface area contributed by atoms with Crippen molar-refractivity contribution in [1.29, 1.82) is 0 Å². The van der Waals surface area contributed by atoms with Crippen LogP contribution in [-0.2, 0) is 7.05 Å². The third kappa shape index (κ3) is 2.22. The molecule has 0 unspecified atom stereocenters. The zero-order valence-corrected chi connectivity index (χ0v) is 11.1. The Labute approximate surface area is 110 Å². The van der Waals surface area contributed by atoms with E-state index < -0.39 is 0 Å². The van der Waals surface area contributed by atoms with Crippen molar-refractivity contribution in [1.82, 2.24) is 14.8 Å². The highest BCUT2D eigenvalue weighted by Crippen LogP contribution is 2.23. The smallest absolute Gasteiger partial charge is 0.259 e. The summed E-state index contributed by atoms with van der Waals surface area (Å²) in [5.74, 6) is -0.237. The van der Waals surface area contributed by atoms with Crippen LogP contribution in [0.5, 0.6) is 0 Å². The van der Waals surface area contributed by atoms with E-state index in [0.717, 1.165) is 11.3 Å². The molecule has 0 atom stereocenters. The number of carbonyl (C=O) groups is 1. The molecule has 0 aliphatic rings. The van der Waals surface area contributed by atoms with Gasteiger partial charge in [-0.3, -0.25) is 9.48 Å². The van der Waals surface area contributed by atoms with Gasteiger partial charge in [-0.25, -0.2) is 4.98 Å². The molecule has 0 bridgehead atoms. The Balaban J connectivity index is 2.30. The van der Waals surface area contributed by atoms with Gasteiger partial charge >= 0.3 is 0 Å². The van der Waals surface area contributed by atoms with Gasteiger partial charge in [0.15, 0.2) is 5.15 Å². The Morgan fingerprint density at radius 1 is 1.44 bits per heavy atom. The number of nitrogens with one attached hydrogen (secondary N) is 1. The molecule has 1 amide bonds. The van der Waals surface area contributed by atoms with Gasteiger partial charge in [-0.2, -0.15) is 5.10 Å². The largest absolute Gasteiger partial charge is 0.319 e. The predicted molar refractivity (Wildman–Crippen MR) is 69.9 cm³/mol. The second kappa shape index (κ2) is 4.78. The van der Waals surface area contributed by atoms with E-state index in [4.69, 9.17) is 11.6 Å². The summed E-state index contributed by atoms with van der Waals surface area (Å²) in [6, 6.07) is 1.79. The Morgan fingerprint density at radius 3 is 2.72 bits per heavy atom. The fourth-order valence-corrected chi connectivity index (χ4v) is 1.83. The summed E-state index contributed by atoms with van der Waals surface area (Å²) in [4.78, 5) is 16.0. The van der Waals surface area contributed by atoms with Crippen LogP contribution in [0.2, 0.25) is 5.15 Å². The number of carbonyl (C=O) groups excluding carboxylic acids is 1. The lowest BCUT2D eigenvalue weighted by Gasteiger charge is -2.09. The predicted octanol–water partition coefficient (Wildman–Crippen LogP) is 2.34. The summed E-state index contributed by atoms with van der Waals surface area (Å²) in [5, 5.41) is 7.08. The van der Waals surface area contributed by atoms with Crippen molar-refractivity contribution in [2.45, 2.75) is 13.8 Å². The van der Waals surface area contributed by atoms with Crippen molar-refractivity contribution in [3.05, 3.63) is 40.4 Å². The van der Waals surface area contributed by atoms with Gasteiger partial charge in [0.1, 0.15) is 0 Å². The van der Waals surface area contributed by atoms with Gasteiger partial charge in [0, 0.05) is 18.9 Å². The van der Waals surface area contributed by atoms with Gasteiger partial charge in [0.2, 0.25) is 0 Å². The molecular formula is C12H13ClN4O. The van der Waals surface area contributed by atoms with Crippen LogP contribution in [0.3, 0.4) is 0 Å². The van der Waals surface area contributed by atoms with Crippen molar-refractivity contribution in [2.24, 2.45) is 7.05 Å². The fourth-order valence-electron chi connectivity index (χ4n) is 1.58. The highest BCUT2D eigenvalue weighted by molar-refractivity contribution is 6.32. The number of amides is 1. The normalized spacial score (nSPS) is 10.4. The second-order valence-corrected chi connectivity index (χ2v) is 4.37. The maximum atomic E-state index is 12.1. The van der Waals surface area contributed by atoms with E-state index in [1.54, 1.807) is 24.0 Å². The molecule has 0 saturated heterocycles. The molecule has 2 aromatic heterocycles. The third-order valence-corrected chi connectivity index (χ3v) is 3.12. The number of hydrogen-bond acceptors (Lipinski definition) is 3. The van der Waals surface area contributed by atoms with Crippen molar-refractivity contribution in [3.63, 3.8) is 0 Å². The van der Waals surface area contributed by atoms with Crippen molar-refractivity contribution < 1.29 is 4.79 Å². The SMILES string of the molecule is Cc1ccnc(Cl)c1NC(=O)c1cnn(C)c1C. The number of anilines is 1. The van der Waals surface area contributed by atoms with E-state index in [1.807, 2.05) is 13.8 Å². The fraction of sp³-hybridized carbons (Fsp3) is 0.250. The van der Waals surface area contributed by atoms with E-state index >= 15 is 0 Å². The number of aromatic nitrogens is 3. The lowest BCUT2D eigenvalue weighted by atomic mass is 10.2. The first-order chi connectivity index (χ1) is 8.50. The Hall–Kier alpha value is -1.88. The van der Waals surface area contributed by atoms with E-state index in [2.05, 4.69) is 15.4 Å². The first kappa shape index (κ1) is 12.6. The molecule has 5 nitrogen and oxygen atoms in total. The third-order valence-electron chi connectivity index (χ3n) is 2.83. The Morgan fingerprint density at radius 2 is 2.17 bits per heavy atom. The number of hydrogen-bond donors (Lipinski definition) is 1. The minimum atomic E-state index is -0.237. The summed E-state index contributed by atoms with van der Waals surface area (Å²) in [6.07, 6.45) is 3.13. The maximum Gasteiger partial charge on any atom is 0.259 e. The first-order valence-corrected chi connectivity index (χ1v) is 5.79. The van der Waals surface area contributed by atoms with Crippen LogP contribution < -0.4 is 5.32 Å². The van der Waals surface area contributed by atoms with E-state index in [9.17, 15) is 4.79 Å². The highest BCUT2D eigenvalue weighted by Gasteiger charge is 2.15. The molecule has 1 N–H and O–H groups in total. The van der Waals surface area contributed by atoms with E-state index in [1.165, 1.54) is 6.20 Å². The summed E-state index contributed by atoms with van der Waals surface area (Å²) >= 11 is 5.96. The number of nitrogens with zero attached hydrogens (tertiary/aromatic N) is 3. The molecule has 0 spiro atoms. The molecule has 2 rings (SSSR count). The molecule has 0 aromatic carbocycles. The minimum absolute atomic E-state index is 0.237. The monoisotopic (exact) mass is 264 g/mol. The van der Waals surface area contributed by atoms with Crippen LogP contribution in [0.1, 0.15) is 21.6 Å². The quantitative estimate of drug-likeness (QED) is 0.847. The summed E-state index contributed by atoms with van der Waals surface area (Å²) in [5.41, 5.74) is 2.72. The molecule has 2 heterocycles. The van der Waals surface area contributed by atoms with Crippen LogP contribution in [0.25, 0.3) is 0 Å². The lowest BCUT2D eigenvalue weighted by molar-refractivity contribution is 0.102. The van der Waals surface area contributed by atoms with Gasteiger partial charge in [-0.1, -0.05) is 11.6 Å². The molecule has 0 aliphatic heterocycles. The highest BCUT2D eigenvalue weighted by atomic mass is 35.5. The molecule has 0 fully saturated rings. The van der Waals surface area contributed by atoms with Gasteiger partial charge in [-0.15, -0.1) is 0 Å². The summed E-state index contributed by atoms with van der Waals surface area (Å²) in [7, 11) is 1.79. The van der Waals surface area contributed by atoms with Crippen molar-refractivity contribution in [3.8, 4) is 0 Å². The van der Waals surface area contributed by atoms with Gasteiger partial charge in [-0.05, 0) is 25.5 Å². The molecule has 6 heteroatoms. The molecule has 0 saturated carbocycles. The zero-order chi connectivity index (χ0) is 13.3. The van der Waals surface area contributed by atoms with E-state index in [0.29, 0.717) is 11.3 Å². The van der Waals surface area contributed by atoms with Gasteiger partial charge in [0.25, 0.3) is 5.91 Å². The van der Waals surface area contributed by atoms with E-state index in [-0.39, 0.29) is 11.1 Å². The molecule has 2 aromatic rings. The average molecular weight is 265 g/mol. The van der Waals surface area contributed by atoms with Crippen LogP contribution in [0.15, 0.2) is 18.5 Å². The molecule has 18 heavy (non-hydrogen) atoms. The zero-order valence-electron chi connectivity index (χ0n) is 10.4. The second-order valence-electron chi connectivity index (χ2n) is 4.02. The minimum Gasteiger partial charge on any atom is -0.319 e. The number of rotatable bonds is 2. The van der Waals surface area contributed by atoms with Gasteiger partial charge < -0.3 is 5.32 Å². The first-order valence-electron chi connectivity index (χ1n) is 5.41. The summed E-state index contributed by atoms with van der Waals surface area (Å²) < 4.78 is 1.65. The molecule has 0 aliphatic carbocycles. The molecule has 0 radical (unpaired) electrons. The average Bonchev–Trinajstić information content (AvgIpc) is 2.65. The number of halogens is 1. The molecular weight excluding hydrogens is 252 g/mol.